The average Bonchev–Trinajstić information content (AvgIpc) is 1.94. The van der Waals surface area contributed by atoms with Gasteiger partial charge in [-0.15, -0.1) is 0 Å². The lowest BCUT2D eigenvalue weighted by atomic mass is 9.85. The van der Waals surface area contributed by atoms with E-state index in [4.69, 9.17) is 0 Å². The Morgan fingerprint density at radius 3 is 2.73 bits per heavy atom. The van der Waals surface area contributed by atoms with E-state index in [-0.39, 0.29) is 0 Å². The van der Waals surface area contributed by atoms with Gasteiger partial charge in [0.1, 0.15) is 0 Å². The molecule has 1 unspecified atom stereocenters. The summed E-state index contributed by atoms with van der Waals surface area (Å²) in [7, 11) is 0. The first-order chi connectivity index (χ1) is 5.33. The SMILES string of the molecule is CSC(C)CNCC1CCC1. The first-order valence-electron chi connectivity index (χ1n) is 4.56. The summed E-state index contributed by atoms with van der Waals surface area (Å²) < 4.78 is 0. The largest absolute Gasteiger partial charge is 0.315 e. The highest BCUT2D eigenvalue weighted by Crippen LogP contribution is 2.25. The zero-order valence-corrected chi connectivity index (χ0v) is 8.41. The molecule has 0 heterocycles. The van der Waals surface area contributed by atoms with Gasteiger partial charge in [-0.3, -0.25) is 0 Å². The molecule has 0 aromatic heterocycles. The van der Waals surface area contributed by atoms with Gasteiger partial charge in [-0.2, -0.15) is 11.8 Å². The van der Waals surface area contributed by atoms with Crippen LogP contribution in [0.5, 0.6) is 0 Å². The van der Waals surface area contributed by atoms with E-state index < -0.39 is 0 Å². The van der Waals surface area contributed by atoms with Gasteiger partial charge < -0.3 is 5.32 Å². The van der Waals surface area contributed by atoms with E-state index in [2.05, 4.69) is 18.5 Å². The lowest BCUT2D eigenvalue weighted by molar-refractivity contribution is 0.303. The lowest BCUT2D eigenvalue weighted by Gasteiger charge is -2.26. The lowest BCUT2D eigenvalue weighted by Crippen LogP contribution is -2.31. The predicted molar refractivity (Wildman–Crippen MR) is 53.2 cm³/mol. The van der Waals surface area contributed by atoms with Crippen LogP contribution >= 0.6 is 11.8 Å². The summed E-state index contributed by atoms with van der Waals surface area (Å²) in [5.74, 6) is 1.00. The number of nitrogens with one attached hydrogen (secondary N) is 1. The Bertz CT molecular complexity index is 97.0. The Morgan fingerprint density at radius 2 is 2.27 bits per heavy atom. The second kappa shape index (κ2) is 5.04. The average molecular weight is 173 g/mol. The fraction of sp³-hybridized carbons (Fsp3) is 1.00. The number of hydrogen-bond donors (Lipinski definition) is 1. The van der Waals surface area contributed by atoms with Crippen LogP contribution in [0.4, 0.5) is 0 Å². The summed E-state index contributed by atoms with van der Waals surface area (Å²) in [5.41, 5.74) is 0. The molecule has 66 valence electrons. The minimum atomic E-state index is 0.773. The zero-order chi connectivity index (χ0) is 8.10. The molecular formula is C9H19NS. The standard InChI is InChI=1S/C9H19NS/c1-8(11-2)6-10-7-9-4-3-5-9/h8-10H,3-7H2,1-2H3. The molecule has 1 aliphatic rings. The quantitative estimate of drug-likeness (QED) is 0.683. The van der Waals surface area contributed by atoms with E-state index in [0.29, 0.717) is 0 Å². The molecule has 1 N–H and O–H groups in total. The van der Waals surface area contributed by atoms with Crippen LogP contribution in [0.15, 0.2) is 0 Å². The van der Waals surface area contributed by atoms with E-state index in [1.807, 2.05) is 11.8 Å². The van der Waals surface area contributed by atoms with E-state index in [9.17, 15) is 0 Å². The van der Waals surface area contributed by atoms with E-state index in [0.717, 1.165) is 11.2 Å². The molecule has 2 heteroatoms. The molecule has 0 saturated heterocycles. The zero-order valence-electron chi connectivity index (χ0n) is 7.60. The van der Waals surface area contributed by atoms with Crippen molar-refractivity contribution < 1.29 is 0 Å². The Kier molecular flexibility index (Phi) is 4.31. The number of rotatable bonds is 5. The minimum absolute atomic E-state index is 0.773. The summed E-state index contributed by atoms with van der Waals surface area (Å²) in [6, 6.07) is 0. The third kappa shape index (κ3) is 3.48. The molecule has 1 rings (SSSR count). The fourth-order valence-corrected chi connectivity index (χ4v) is 1.56. The molecule has 0 radical (unpaired) electrons. The van der Waals surface area contributed by atoms with Gasteiger partial charge in [0.05, 0.1) is 0 Å². The van der Waals surface area contributed by atoms with Gasteiger partial charge in [-0.05, 0) is 31.6 Å². The van der Waals surface area contributed by atoms with Crippen molar-refractivity contribution in [3.05, 3.63) is 0 Å². The maximum Gasteiger partial charge on any atom is 0.0141 e. The summed E-state index contributed by atoms with van der Waals surface area (Å²) >= 11 is 1.94. The molecule has 1 aliphatic carbocycles. The van der Waals surface area contributed by atoms with Crippen molar-refractivity contribution in [1.29, 1.82) is 0 Å². The molecule has 0 bridgehead atoms. The molecule has 0 aliphatic heterocycles. The molecule has 1 fully saturated rings. The van der Waals surface area contributed by atoms with Crippen LogP contribution in [0.3, 0.4) is 0 Å². The van der Waals surface area contributed by atoms with Crippen molar-refractivity contribution in [3.63, 3.8) is 0 Å². The van der Waals surface area contributed by atoms with Crippen molar-refractivity contribution >= 4 is 11.8 Å². The van der Waals surface area contributed by atoms with Crippen LogP contribution in [0, 0.1) is 5.92 Å². The molecule has 1 atom stereocenters. The van der Waals surface area contributed by atoms with Crippen molar-refractivity contribution in [2.24, 2.45) is 5.92 Å². The van der Waals surface area contributed by atoms with E-state index in [1.54, 1.807) is 0 Å². The van der Waals surface area contributed by atoms with Crippen molar-refractivity contribution in [2.75, 3.05) is 19.3 Å². The number of hydrogen-bond acceptors (Lipinski definition) is 2. The third-order valence-electron chi connectivity index (χ3n) is 2.49. The third-order valence-corrected chi connectivity index (χ3v) is 3.46. The maximum atomic E-state index is 3.52. The topological polar surface area (TPSA) is 12.0 Å². The van der Waals surface area contributed by atoms with Gasteiger partial charge in [0.15, 0.2) is 0 Å². The molecule has 11 heavy (non-hydrogen) atoms. The van der Waals surface area contributed by atoms with Gasteiger partial charge in [0.25, 0.3) is 0 Å². The monoisotopic (exact) mass is 173 g/mol. The molecular weight excluding hydrogens is 154 g/mol. The van der Waals surface area contributed by atoms with Crippen molar-refractivity contribution in [2.45, 2.75) is 31.4 Å². The van der Waals surface area contributed by atoms with Crippen LogP contribution in [-0.4, -0.2) is 24.6 Å². The highest BCUT2D eigenvalue weighted by atomic mass is 32.2. The highest BCUT2D eigenvalue weighted by Gasteiger charge is 2.16. The summed E-state index contributed by atoms with van der Waals surface area (Å²) in [4.78, 5) is 0. The van der Waals surface area contributed by atoms with Crippen molar-refractivity contribution in [3.8, 4) is 0 Å². The number of thioether (sulfide) groups is 1. The summed E-state index contributed by atoms with van der Waals surface area (Å²) in [6.07, 6.45) is 6.56. The van der Waals surface area contributed by atoms with Crippen LogP contribution < -0.4 is 5.32 Å². The second-order valence-corrected chi connectivity index (χ2v) is 4.78. The fourth-order valence-electron chi connectivity index (χ4n) is 1.27. The van der Waals surface area contributed by atoms with Gasteiger partial charge >= 0.3 is 0 Å². The predicted octanol–water partition coefficient (Wildman–Crippen LogP) is 2.13. The van der Waals surface area contributed by atoms with Gasteiger partial charge in [0.2, 0.25) is 0 Å². The second-order valence-electron chi connectivity index (χ2n) is 3.50. The van der Waals surface area contributed by atoms with Gasteiger partial charge in [0, 0.05) is 11.8 Å². The van der Waals surface area contributed by atoms with Crippen LogP contribution in [0.25, 0.3) is 0 Å². The van der Waals surface area contributed by atoms with E-state index >= 15 is 0 Å². The minimum Gasteiger partial charge on any atom is -0.315 e. The van der Waals surface area contributed by atoms with Gasteiger partial charge in [-0.25, -0.2) is 0 Å². The molecule has 0 amide bonds. The van der Waals surface area contributed by atoms with Crippen LogP contribution in [0.1, 0.15) is 26.2 Å². The Morgan fingerprint density at radius 1 is 1.55 bits per heavy atom. The smallest absolute Gasteiger partial charge is 0.0141 e. The normalized spacial score (nSPS) is 21.3. The Balaban J connectivity index is 1.86. The summed E-state index contributed by atoms with van der Waals surface area (Å²) in [5, 5.41) is 4.29. The first kappa shape index (κ1) is 9.40. The van der Waals surface area contributed by atoms with Crippen LogP contribution in [-0.2, 0) is 0 Å². The van der Waals surface area contributed by atoms with Crippen molar-refractivity contribution in [1.82, 2.24) is 5.32 Å². The first-order valence-corrected chi connectivity index (χ1v) is 5.85. The summed E-state index contributed by atoms with van der Waals surface area (Å²) in [6.45, 7) is 4.71. The molecule has 0 spiro atoms. The Hall–Kier alpha value is 0.310. The maximum absolute atomic E-state index is 3.52. The van der Waals surface area contributed by atoms with Gasteiger partial charge in [-0.1, -0.05) is 13.3 Å². The van der Waals surface area contributed by atoms with Crippen LogP contribution in [0.2, 0.25) is 0 Å². The molecule has 1 saturated carbocycles. The molecule has 0 aromatic carbocycles. The highest BCUT2D eigenvalue weighted by molar-refractivity contribution is 7.99. The molecule has 1 nitrogen and oxygen atoms in total. The van der Waals surface area contributed by atoms with E-state index in [1.165, 1.54) is 32.4 Å². The molecule has 0 aromatic rings. The Labute approximate surface area is 74.3 Å².